The van der Waals surface area contributed by atoms with E-state index in [0.29, 0.717) is 31.6 Å². The van der Waals surface area contributed by atoms with Crippen LogP contribution in [-0.4, -0.2) is 96.7 Å². The maximum atomic E-state index is 13.1. The summed E-state index contributed by atoms with van der Waals surface area (Å²) in [5.41, 5.74) is 0. The first-order valence-corrected chi connectivity index (χ1v) is 41.3. The van der Waals surface area contributed by atoms with Crippen LogP contribution < -0.4 is 0 Å². The minimum absolute atomic E-state index is 0.104. The van der Waals surface area contributed by atoms with E-state index >= 15 is 0 Å². The molecule has 0 aromatic heterocycles. The summed E-state index contributed by atoms with van der Waals surface area (Å²) in [5.74, 6) is 0.931. The molecule has 0 aliphatic heterocycles. The van der Waals surface area contributed by atoms with E-state index in [2.05, 4.69) is 55.4 Å². The predicted molar refractivity (Wildman–Crippen MR) is 377 cm³/mol. The molecule has 0 aliphatic rings. The van der Waals surface area contributed by atoms with Crippen molar-refractivity contribution in [3.05, 3.63) is 0 Å². The number of hydrogen-bond acceptors (Lipinski definition) is 15. The van der Waals surface area contributed by atoms with Crippen LogP contribution >= 0.6 is 15.6 Å². The Labute approximate surface area is 568 Å². The highest BCUT2D eigenvalue weighted by Crippen LogP contribution is 2.45. The fourth-order valence-electron chi connectivity index (χ4n) is 11.1. The number of unbranched alkanes of at least 4 members (excludes halogenated alkanes) is 35. The van der Waals surface area contributed by atoms with Gasteiger partial charge in [0.25, 0.3) is 0 Å². The normalized spacial score (nSPS) is 14.8. The molecule has 17 nitrogen and oxygen atoms in total. The van der Waals surface area contributed by atoms with Crippen molar-refractivity contribution >= 4 is 39.5 Å². The molecule has 93 heavy (non-hydrogen) atoms. The van der Waals surface area contributed by atoms with Crippen molar-refractivity contribution < 1.29 is 80.2 Å². The Morgan fingerprint density at radius 3 is 0.763 bits per heavy atom. The van der Waals surface area contributed by atoms with Gasteiger partial charge in [0.2, 0.25) is 0 Å². The van der Waals surface area contributed by atoms with Crippen LogP contribution in [0.3, 0.4) is 0 Å². The van der Waals surface area contributed by atoms with Gasteiger partial charge >= 0.3 is 39.5 Å². The number of esters is 4. The van der Waals surface area contributed by atoms with Gasteiger partial charge in [0.15, 0.2) is 12.2 Å². The maximum absolute atomic E-state index is 13.1. The third kappa shape index (κ3) is 65.8. The van der Waals surface area contributed by atoms with Crippen LogP contribution in [0, 0.1) is 23.7 Å². The highest BCUT2D eigenvalue weighted by Gasteiger charge is 2.30. The molecule has 0 amide bonds. The van der Waals surface area contributed by atoms with Crippen molar-refractivity contribution in [1.82, 2.24) is 0 Å². The lowest BCUT2D eigenvalue weighted by atomic mass is 9.99. The Morgan fingerprint density at radius 1 is 0.301 bits per heavy atom. The third-order valence-corrected chi connectivity index (χ3v) is 19.7. The van der Waals surface area contributed by atoms with Crippen LogP contribution in [0.2, 0.25) is 0 Å². The van der Waals surface area contributed by atoms with Crippen LogP contribution in [0.25, 0.3) is 0 Å². The summed E-state index contributed by atoms with van der Waals surface area (Å²) in [6, 6.07) is 0. The predicted octanol–water partition coefficient (Wildman–Crippen LogP) is 21.3. The summed E-state index contributed by atoms with van der Waals surface area (Å²) in [6.45, 7) is 14.1. The van der Waals surface area contributed by atoms with E-state index in [1.807, 2.05) is 0 Å². The van der Waals surface area contributed by atoms with E-state index < -0.39 is 97.5 Å². The fraction of sp³-hybridized carbons (Fsp3) is 0.946. The Morgan fingerprint density at radius 2 is 0.516 bits per heavy atom. The highest BCUT2D eigenvalue weighted by atomic mass is 31.2. The van der Waals surface area contributed by atoms with Crippen molar-refractivity contribution in [2.24, 2.45) is 23.7 Å². The molecule has 0 spiro atoms. The minimum atomic E-state index is -4.96. The molecule has 0 aromatic carbocycles. The van der Waals surface area contributed by atoms with E-state index in [1.54, 1.807) is 0 Å². The molecule has 3 N–H and O–H groups in total. The van der Waals surface area contributed by atoms with Crippen LogP contribution in [0.1, 0.15) is 370 Å². The van der Waals surface area contributed by atoms with Gasteiger partial charge in [-0.3, -0.25) is 37.3 Å². The van der Waals surface area contributed by atoms with Gasteiger partial charge in [0.05, 0.1) is 26.4 Å². The van der Waals surface area contributed by atoms with Crippen molar-refractivity contribution in [1.29, 1.82) is 0 Å². The molecule has 4 unspecified atom stereocenters. The molecule has 0 bridgehead atoms. The highest BCUT2D eigenvalue weighted by molar-refractivity contribution is 7.47. The zero-order valence-electron chi connectivity index (χ0n) is 60.9. The molecule has 0 radical (unpaired) electrons. The fourth-order valence-corrected chi connectivity index (χ4v) is 12.7. The molecular weight excluding hydrogens is 1220 g/mol. The zero-order valence-corrected chi connectivity index (χ0v) is 62.7. The molecule has 0 saturated heterocycles. The summed E-state index contributed by atoms with van der Waals surface area (Å²) < 4.78 is 68.4. The lowest BCUT2D eigenvalue weighted by Crippen LogP contribution is -2.30. The second-order valence-corrected chi connectivity index (χ2v) is 31.0. The van der Waals surface area contributed by atoms with Crippen molar-refractivity contribution in [2.45, 2.75) is 388 Å². The number of carbonyl (C=O) groups excluding carboxylic acids is 4. The molecule has 19 heteroatoms. The quantitative estimate of drug-likeness (QED) is 0.0222. The van der Waals surface area contributed by atoms with E-state index in [-0.39, 0.29) is 25.7 Å². The SMILES string of the molecule is CCC(C)CCCCCCCCCCCCC(=O)O[C@H](COC(=O)CCCCCCCCCCCCCCCCCC(C)C)COP(=O)(O)OC[C@@H](O)COP(=O)(O)OC[C@@H](COC(=O)CCCCCCCCC(C)C)OC(=O)CCCCCCCCCCC(C)CC. The number of phosphoric acid groups is 2. The summed E-state index contributed by atoms with van der Waals surface area (Å²) in [4.78, 5) is 72.7. The van der Waals surface area contributed by atoms with E-state index in [4.69, 9.17) is 37.0 Å². The van der Waals surface area contributed by atoms with E-state index in [1.165, 1.54) is 167 Å². The lowest BCUT2D eigenvalue weighted by Gasteiger charge is -2.21. The van der Waals surface area contributed by atoms with Gasteiger partial charge in [-0.05, 0) is 49.4 Å². The second kappa shape index (κ2) is 63.5. The smallest absolute Gasteiger partial charge is 0.462 e. The molecule has 7 atom stereocenters. The van der Waals surface area contributed by atoms with Gasteiger partial charge in [0, 0.05) is 25.7 Å². The third-order valence-electron chi connectivity index (χ3n) is 17.8. The van der Waals surface area contributed by atoms with E-state index in [0.717, 1.165) is 114 Å². The molecule has 0 fully saturated rings. The molecule has 0 rings (SSSR count). The summed E-state index contributed by atoms with van der Waals surface area (Å²) in [5, 5.41) is 10.6. The number of carbonyl (C=O) groups is 4. The average Bonchev–Trinajstić information content (AvgIpc) is 1.83. The lowest BCUT2D eigenvalue weighted by molar-refractivity contribution is -0.161. The van der Waals surface area contributed by atoms with Gasteiger partial charge in [-0.2, -0.15) is 0 Å². The van der Waals surface area contributed by atoms with Crippen molar-refractivity contribution in [3.63, 3.8) is 0 Å². The monoisotopic (exact) mass is 1370 g/mol. The molecular formula is C74H144O17P2. The van der Waals surface area contributed by atoms with Crippen molar-refractivity contribution in [2.75, 3.05) is 39.6 Å². The topological polar surface area (TPSA) is 237 Å². The van der Waals surface area contributed by atoms with E-state index in [9.17, 15) is 43.2 Å². The number of aliphatic hydroxyl groups excluding tert-OH is 1. The number of rotatable bonds is 71. The Bertz CT molecular complexity index is 1840. The first-order chi connectivity index (χ1) is 44.7. The van der Waals surface area contributed by atoms with Gasteiger partial charge < -0.3 is 33.8 Å². The number of hydrogen-bond donors (Lipinski definition) is 3. The van der Waals surface area contributed by atoms with Crippen LogP contribution in [0.15, 0.2) is 0 Å². The second-order valence-electron chi connectivity index (χ2n) is 28.1. The van der Waals surface area contributed by atoms with Gasteiger partial charge in [-0.1, -0.05) is 319 Å². The first kappa shape index (κ1) is 91.1. The standard InChI is InChI=1S/C74H144O17P2/c1-9-66(7)52-44-36-27-21-18-19-23-30-40-48-56-73(78)90-69(60-84-71(76)54-46-38-29-22-17-15-13-11-12-14-16-20-26-34-42-50-64(3)4)62-88-92(80,81)86-58-68(75)59-87-93(82,83)89-63-70(61-85-72(77)55-47-39-33-32-35-43-51-65(5)6)91-74(79)57-49-41-31-25-24-28-37-45-53-67(8)10-2/h64-70,75H,9-63H2,1-8H3,(H,80,81)(H,82,83)/t66?,67?,68-,69-,70-/m1/s1. The first-order valence-electron chi connectivity index (χ1n) is 38.3. The van der Waals surface area contributed by atoms with Gasteiger partial charge in [0.1, 0.15) is 19.3 Å². The zero-order chi connectivity index (χ0) is 68.9. The molecule has 0 aromatic rings. The maximum Gasteiger partial charge on any atom is 0.472 e. The summed E-state index contributed by atoms with van der Waals surface area (Å²) in [7, 11) is -9.91. The van der Waals surface area contributed by atoms with Gasteiger partial charge in [-0.15, -0.1) is 0 Å². The molecule has 0 saturated carbocycles. The largest absolute Gasteiger partial charge is 0.472 e. The number of ether oxygens (including phenoxy) is 4. The van der Waals surface area contributed by atoms with Crippen LogP contribution in [-0.2, 0) is 65.4 Å². The van der Waals surface area contributed by atoms with Crippen LogP contribution in [0.4, 0.5) is 0 Å². The number of phosphoric ester groups is 2. The Hall–Kier alpha value is -1.94. The average molecular weight is 1370 g/mol. The Kier molecular flexibility index (Phi) is 62.2. The molecule has 552 valence electrons. The summed E-state index contributed by atoms with van der Waals surface area (Å²) >= 11 is 0. The van der Waals surface area contributed by atoms with Crippen LogP contribution in [0.5, 0.6) is 0 Å². The molecule has 0 aliphatic carbocycles. The van der Waals surface area contributed by atoms with Crippen molar-refractivity contribution in [3.8, 4) is 0 Å². The molecule has 0 heterocycles. The Balaban J connectivity index is 5.23. The summed E-state index contributed by atoms with van der Waals surface area (Å²) in [6.07, 6.45) is 47.2. The number of aliphatic hydroxyl groups is 1. The minimum Gasteiger partial charge on any atom is -0.462 e. The van der Waals surface area contributed by atoms with Gasteiger partial charge in [-0.25, -0.2) is 9.13 Å².